The molecule has 0 aromatic heterocycles. The second kappa shape index (κ2) is 4.88. The van der Waals surface area contributed by atoms with E-state index in [1.165, 1.54) is 0 Å². The second-order valence-electron chi connectivity index (χ2n) is 4.98. The van der Waals surface area contributed by atoms with Crippen molar-refractivity contribution in [3.8, 4) is 5.75 Å². The fourth-order valence-corrected chi connectivity index (χ4v) is 2.69. The van der Waals surface area contributed by atoms with Crippen molar-refractivity contribution in [2.24, 2.45) is 5.73 Å². The van der Waals surface area contributed by atoms with Crippen LogP contribution in [0.1, 0.15) is 19.3 Å². The quantitative estimate of drug-likeness (QED) is 0.866. The van der Waals surface area contributed by atoms with Crippen molar-refractivity contribution in [3.05, 3.63) is 30.3 Å². The van der Waals surface area contributed by atoms with E-state index in [1.54, 1.807) is 0 Å². The summed E-state index contributed by atoms with van der Waals surface area (Å²) in [4.78, 5) is 0. The van der Waals surface area contributed by atoms with E-state index in [2.05, 4.69) is 0 Å². The van der Waals surface area contributed by atoms with Crippen LogP contribution >= 0.6 is 0 Å². The predicted octanol–water partition coefficient (Wildman–Crippen LogP) is 1.69. The van der Waals surface area contributed by atoms with Crippen molar-refractivity contribution in [3.63, 3.8) is 0 Å². The van der Waals surface area contributed by atoms with Crippen LogP contribution in [0.15, 0.2) is 30.3 Å². The van der Waals surface area contributed by atoms with Gasteiger partial charge in [0.25, 0.3) is 0 Å². The lowest BCUT2D eigenvalue weighted by molar-refractivity contribution is -0.195. The van der Waals surface area contributed by atoms with Gasteiger partial charge in [0.15, 0.2) is 5.79 Å². The molecule has 2 atom stereocenters. The molecule has 2 fully saturated rings. The molecule has 1 aliphatic heterocycles. The monoisotopic (exact) mass is 249 g/mol. The minimum absolute atomic E-state index is 0.0424. The maximum absolute atomic E-state index is 6.14. The molecule has 1 saturated carbocycles. The summed E-state index contributed by atoms with van der Waals surface area (Å²) in [6, 6.07) is 9.83. The van der Waals surface area contributed by atoms with E-state index in [4.69, 9.17) is 19.9 Å². The van der Waals surface area contributed by atoms with Gasteiger partial charge in [-0.05, 0) is 18.6 Å². The summed E-state index contributed by atoms with van der Waals surface area (Å²) in [6.45, 7) is 1.35. The van der Waals surface area contributed by atoms with E-state index >= 15 is 0 Å². The summed E-state index contributed by atoms with van der Waals surface area (Å²) in [6.07, 6.45) is 2.41. The van der Waals surface area contributed by atoms with Crippen molar-refractivity contribution < 1.29 is 14.2 Å². The van der Waals surface area contributed by atoms with Crippen LogP contribution in [0.4, 0.5) is 0 Å². The van der Waals surface area contributed by atoms with Crippen molar-refractivity contribution in [1.29, 1.82) is 0 Å². The number of benzene rings is 1. The van der Waals surface area contributed by atoms with Crippen molar-refractivity contribution in [1.82, 2.24) is 0 Å². The Morgan fingerprint density at radius 1 is 1.17 bits per heavy atom. The van der Waals surface area contributed by atoms with Gasteiger partial charge < -0.3 is 19.9 Å². The first kappa shape index (κ1) is 12.0. The van der Waals surface area contributed by atoms with Crippen LogP contribution in [0.2, 0.25) is 0 Å². The molecule has 1 aromatic carbocycles. The molecular weight excluding hydrogens is 230 g/mol. The highest BCUT2D eigenvalue weighted by atomic mass is 16.7. The van der Waals surface area contributed by atoms with E-state index in [0.29, 0.717) is 19.6 Å². The third kappa shape index (κ3) is 2.36. The Kier molecular flexibility index (Phi) is 3.24. The summed E-state index contributed by atoms with van der Waals surface area (Å²) in [5.74, 6) is 0.406. The zero-order valence-corrected chi connectivity index (χ0v) is 10.4. The Morgan fingerprint density at radius 2 is 1.89 bits per heavy atom. The molecular formula is C14H19NO3. The first-order valence-corrected chi connectivity index (χ1v) is 6.53. The number of hydrogen-bond donors (Lipinski definition) is 1. The summed E-state index contributed by atoms with van der Waals surface area (Å²) in [5.41, 5.74) is 6.14. The smallest absolute Gasteiger partial charge is 0.172 e. The largest absolute Gasteiger partial charge is 0.489 e. The highest BCUT2D eigenvalue weighted by Crippen LogP contribution is 2.36. The van der Waals surface area contributed by atoms with Crippen LogP contribution in [-0.4, -0.2) is 31.1 Å². The van der Waals surface area contributed by atoms with Gasteiger partial charge >= 0.3 is 0 Å². The third-order valence-corrected chi connectivity index (χ3v) is 3.69. The molecule has 1 aliphatic carbocycles. The molecule has 0 amide bonds. The average molecular weight is 249 g/mol. The van der Waals surface area contributed by atoms with Crippen molar-refractivity contribution >= 4 is 0 Å². The van der Waals surface area contributed by atoms with Gasteiger partial charge in [-0.25, -0.2) is 0 Å². The Hall–Kier alpha value is -1.10. The van der Waals surface area contributed by atoms with Crippen LogP contribution in [0, 0.1) is 0 Å². The van der Waals surface area contributed by atoms with Gasteiger partial charge in [-0.2, -0.15) is 0 Å². The zero-order valence-electron chi connectivity index (χ0n) is 10.4. The van der Waals surface area contributed by atoms with Gasteiger partial charge in [0.2, 0.25) is 0 Å². The number of para-hydroxylation sites is 1. The van der Waals surface area contributed by atoms with Gasteiger partial charge in [0, 0.05) is 18.9 Å². The van der Waals surface area contributed by atoms with Gasteiger partial charge in [-0.1, -0.05) is 18.2 Å². The molecule has 3 rings (SSSR count). The fraction of sp³-hybridized carbons (Fsp3) is 0.571. The molecule has 98 valence electrons. The Bertz CT molecular complexity index is 389. The molecule has 4 heteroatoms. The molecule has 18 heavy (non-hydrogen) atoms. The van der Waals surface area contributed by atoms with Crippen LogP contribution in [-0.2, 0) is 9.47 Å². The molecule has 1 heterocycles. The first-order chi connectivity index (χ1) is 8.77. The fourth-order valence-electron chi connectivity index (χ4n) is 2.69. The maximum Gasteiger partial charge on any atom is 0.172 e. The molecule has 4 nitrogen and oxygen atoms in total. The van der Waals surface area contributed by atoms with Crippen molar-refractivity contribution in [2.45, 2.75) is 37.2 Å². The number of rotatable bonds is 2. The SMILES string of the molecule is NC1CCC2(CC1Oc1ccccc1)OCCO2. The van der Waals surface area contributed by atoms with E-state index in [9.17, 15) is 0 Å². The van der Waals surface area contributed by atoms with Gasteiger partial charge in [-0.15, -0.1) is 0 Å². The number of hydrogen-bond acceptors (Lipinski definition) is 4. The highest BCUT2D eigenvalue weighted by Gasteiger charge is 2.45. The maximum atomic E-state index is 6.14. The second-order valence-corrected chi connectivity index (χ2v) is 4.98. The van der Waals surface area contributed by atoms with Crippen LogP contribution in [0.3, 0.4) is 0 Å². The van der Waals surface area contributed by atoms with Gasteiger partial charge in [-0.3, -0.25) is 0 Å². The number of nitrogens with two attached hydrogens (primary N) is 1. The molecule has 0 bridgehead atoms. The standard InChI is InChI=1S/C14H19NO3/c15-12-6-7-14(16-8-9-17-14)10-13(12)18-11-4-2-1-3-5-11/h1-5,12-13H,6-10,15H2. The molecule has 2 aliphatic rings. The molecule has 2 N–H and O–H groups in total. The zero-order chi connectivity index (χ0) is 12.4. The van der Waals surface area contributed by atoms with E-state index in [0.717, 1.165) is 18.6 Å². The van der Waals surface area contributed by atoms with Gasteiger partial charge in [0.05, 0.1) is 13.2 Å². The third-order valence-electron chi connectivity index (χ3n) is 3.69. The van der Waals surface area contributed by atoms with Gasteiger partial charge in [0.1, 0.15) is 11.9 Å². The minimum Gasteiger partial charge on any atom is -0.489 e. The number of ether oxygens (including phenoxy) is 3. The molecule has 1 saturated heterocycles. The highest BCUT2D eigenvalue weighted by molar-refractivity contribution is 5.21. The van der Waals surface area contributed by atoms with Crippen LogP contribution in [0.25, 0.3) is 0 Å². The summed E-state index contributed by atoms with van der Waals surface area (Å²) < 4.78 is 17.4. The Morgan fingerprint density at radius 3 is 2.61 bits per heavy atom. The molecule has 1 spiro atoms. The predicted molar refractivity (Wildman–Crippen MR) is 67.3 cm³/mol. The molecule has 0 radical (unpaired) electrons. The van der Waals surface area contributed by atoms with Crippen LogP contribution in [0.5, 0.6) is 5.75 Å². The molecule has 1 aromatic rings. The van der Waals surface area contributed by atoms with E-state index < -0.39 is 5.79 Å². The Balaban J connectivity index is 1.70. The van der Waals surface area contributed by atoms with E-state index in [1.807, 2.05) is 30.3 Å². The summed E-state index contributed by atoms with van der Waals surface area (Å²) >= 11 is 0. The lowest BCUT2D eigenvalue weighted by Gasteiger charge is -2.39. The lowest BCUT2D eigenvalue weighted by atomic mass is 9.88. The minimum atomic E-state index is -0.449. The summed E-state index contributed by atoms with van der Waals surface area (Å²) in [5, 5.41) is 0. The normalized spacial score (nSPS) is 30.5. The van der Waals surface area contributed by atoms with Crippen molar-refractivity contribution in [2.75, 3.05) is 13.2 Å². The summed E-state index contributed by atoms with van der Waals surface area (Å²) in [7, 11) is 0. The molecule has 2 unspecified atom stereocenters. The topological polar surface area (TPSA) is 53.7 Å². The average Bonchev–Trinajstić information content (AvgIpc) is 2.84. The lowest BCUT2D eigenvalue weighted by Crippen LogP contribution is -2.51. The van der Waals surface area contributed by atoms with Crippen LogP contribution < -0.4 is 10.5 Å². The van der Waals surface area contributed by atoms with E-state index in [-0.39, 0.29) is 12.1 Å². The Labute approximate surface area is 107 Å². The first-order valence-electron chi connectivity index (χ1n) is 6.53.